The summed E-state index contributed by atoms with van der Waals surface area (Å²) in [6.45, 7) is 4.46. The molecule has 0 fully saturated rings. The van der Waals surface area contributed by atoms with Gasteiger partial charge in [-0.05, 0) is 13.8 Å². The number of hydrogen-bond acceptors (Lipinski definition) is 2. The minimum atomic E-state index is 0.223. The van der Waals surface area contributed by atoms with Crippen LogP contribution in [0.25, 0.3) is 0 Å². The summed E-state index contributed by atoms with van der Waals surface area (Å²) >= 11 is 5.81. The van der Waals surface area contributed by atoms with Crippen molar-refractivity contribution >= 4 is 11.6 Å². The van der Waals surface area contributed by atoms with E-state index in [1.165, 1.54) is 0 Å². The molecule has 0 saturated heterocycles. The van der Waals surface area contributed by atoms with Gasteiger partial charge in [0.1, 0.15) is 0 Å². The van der Waals surface area contributed by atoms with Crippen LogP contribution < -0.4 is 5.73 Å². The zero-order valence-corrected chi connectivity index (χ0v) is 7.47. The highest BCUT2D eigenvalue weighted by Gasteiger charge is 2.05. The Hall–Kier alpha value is -0.540. The Morgan fingerprint density at radius 3 is 2.82 bits per heavy atom. The molecule has 0 saturated carbocycles. The van der Waals surface area contributed by atoms with Gasteiger partial charge >= 0.3 is 0 Å². The predicted molar refractivity (Wildman–Crippen MR) is 45.7 cm³/mol. The van der Waals surface area contributed by atoms with E-state index in [2.05, 4.69) is 5.10 Å². The van der Waals surface area contributed by atoms with Crippen molar-refractivity contribution in [1.82, 2.24) is 9.78 Å². The lowest BCUT2D eigenvalue weighted by molar-refractivity contribution is 0.498. The molecular weight excluding hydrogens is 162 g/mol. The molecule has 1 heterocycles. The summed E-state index contributed by atoms with van der Waals surface area (Å²) in [4.78, 5) is 0. The van der Waals surface area contributed by atoms with E-state index in [-0.39, 0.29) is 6.04 Å². The van der Waals surface area contributed by atoms with Crippen LogP contribution in [0.4, 0.5) is 0 Å². The zero-order chi connectivity index (χ0) is 8.43. The van der Waals surface area contributed by atoms with Gasteiger partial charge in [0, 0.05) is 12.7 Å². The molecule has 62 valence electrons. The standard InChI is InChI=1S/C7H12ClN3/c1-5(3-9)11-4-7(8)6(2)10-11/h4-5H,3,9H2,1-2H3/t5-/m0/s1. The molecule has 0 aromatic carbocycles. The summed E-state index contributed by atoms with van der Waals surface area (Å²) in [7, 11) is 0. The topological polar surface area (TPSA) is 43.8 Å². The Morgan fingerprint density at radius 2 is 2.45 bits per heavy atom. The first kappa shape index (κ1) is 8.56. The molecule has 1 atom stereocenters. The predicted octanol–water partition coefficient (Wildman–Crippen LogP) is 1.36. The van der Waals surface area contributed by atoms with Crippen LogP contribution >= 0.6 is 11.6 Å². The van der Waals surface area contributed by atoms with Crippen LogP contribution in [-0.4, -0.2) is 16.3 Å². The maximum Gasteiger partial charge on any atom is 0.0815 e. The van der Waals surface area contributed by atoms with Crippen molar-refractivity contribution in [3.8, 4) is 0 Å². The molecule has 0 bridgehead atoms. The van der Waals surface area contributed by atoms with Crippen molar-refractivity contribution < 1.29 is 0 Å². The van der Waals surface area contributed by atoms with Gasteiger partial charge in [-0.25, -0.2) is 0 Å². The van der Waals surface area contributed by atoms with E-state index >= 15 is 0 Å². The summed E-state index contributed by atoms with van der Waals surface area (Å²) in [6.07, 6.45) is 1.80. The highest BCUT2D eigenvalue weighted by atomic mass is 35.5. The first-order valence-electron chi connectivity index (χ1n) is 3.56. The van der Waals surface area contributed by atoms with E-state index in [1.54, 1.807) is 10.9 Å². The average Bonchev–Trinajstić information content (AvgIpc) is 2.31. The molecule has 1 rings (SSSR count). The van der Waals surface area contributed by atoms with Crippen molar-refractivity contribution in [2.24, 2.45) is 5.73 Å². The zero-order valence-electron chi connectivity index (χ0n) is 6.71. The third kappa shape index (κ3) is 1.73. The molecule has 1 aromatic rings. The molecule has 2 N–H and O–H groups in total. The Bertz CT molecular complexity index is 224. The third-order valence-corrected chi connectivity index (χ3v) is 2.02. The Morgan fingerprint density at radius 1 is 1.82 bits per heavy atom. The highest BCUT2D eigenvalue weighted by Crippen LogP contribution is 2.14. The number of rotatable bonds is 2. The van der Waals surface area contributed by atoms with Crippen molar-refractivity contribution in [3.05, 3.63) is 16.9 Å². The lowest BCUT2D eigenvalue weighted by atomic mass is 10.3. The summed E-state index contributed by atoms with van der Waals surface area (Å²) in [5.74, 6) is 0. The van der Waals surface area contributed by atoms with Gasteiger partial charge in [0.25, 0.3) is 0 Å². The van der Waals surface area contributed by atoms with E-state index < -0.39 is 0 Å². The maximum absolute atomic E-state index is 5.81. The van der Waals surface area contributed by atoms with Crippen LogP contribution in [0.5, 0.6) is 0 Å². The fourth-order valence-corrected chi connectivity index (χ4v) is 0.931. The lowest BCUT2D eigenvalue weighted by Gasteiger charge is -2.07. The van der Waals surface area contributed by atoms with Gasteiger partial charge in [0.05, 0.1) is 16.8 Å². The lowest BCUT2D eigenvalue weighted by Crippen LogP contribution is -2.16. The molecule has 0 spiro atoms. The van der Waals surface area contributed by atoms with Crippen molar-refractivity contribution in [2.45, 2.75) is 19.9 Å². The summed E-state index contributed by atoms with van der Waals surface area (Å²) in [6, 6.07) is 0.223. The van der Waals surface area contributed by atoms with Crippen LogP contribution in [0.1, 0.15) is 18.7 Å². The average molecular weight is 174 g/mol. The number of aromatic nitrogens is 2. The van der Waals surface area contributed by atoms with Gasteiger partial charge < -0.3 is 5.73 Å². The largest absolute Gasteiger partial charge is 0.328 e. The molecule has 0 aliphatic heterocycles. The van der Waals surface area contributed by atoms with Crippen LogP contribution in [0.3, 0.4) is 0 Å². The van der Waals surface area contributed by atoms with E-state index in [0.717, 1.165) is 5.69 Å². The second kappa shape index (κ2) is 3.24. The number of halogens is 1. The molecule has 1 aromatic heterocycles. The fraction of sp³-hybridized carbons (Fsp3) is 0.571. The Labute approximate surface area is 71.1 Å². The van der Waals surface area contributed by atoms with Gasteiger partial charge in [-0.1, -0.05) is 11.6 Å². The first-order valence-corrected chi connectivity index (χ1v) is 3.94. The van der Waals surface area contributed by atoms with Crippen LogP contribution in [0.2, 0.25) is 5.02 Å². The summed E-state index contributed by atoms with van der Waals surface area (Å²) < 4.78 is 1.79. The number of aryl methyl sites for hydroxylation is 1. The van der Waals surface area contributed by atoms with Gasteiger partial charge in [-0.3, -0.25) is 4.68 Å². The molecule has 0 unspecified atom stereocenters. The number of nitrogens with zero attached hydrogens (tertiary/aromatic N) is 2. The second-order valence-corrected chi connectivity index (χ2v) is 3.03. The summed E-state index contributed by atoms with van der Waals surface area (Å²) in [5, 5.41) is 4.89. The van der Waals surface area contributed by atoms with E-state index in [9.17, 15) is 0 Å². The first-order chi connectivity index (χ1) is 5.15. The molecule has 0 radical (unpaired) electrons. The third-order valence-electron chi connectivity index (χ3n) is 1.65. The van der Waals surface area contributed by atoms with Crippen LogP contribution in [0.15, 0.2) is 6.20 Å². The minimum absolute atomic E-state index is 0.223. The van der Waals surface area contributed by atoms with Crippen molar-refractivity contribution in [1.29, 1.82) is 0 Å². The van der Waals surface area contributed by atoms with Gasteiger partial charge in [-0.15, -0.1) is 0 Å². The maximum atomic E-state index is 5.81. The molecule has 0 aliphatic carbocycles. The molecule has 4 heteroatoms. The monoisotopic (exact) mass is 173 g/mol. The minimum Gasteiger partial charge on any atom is -0.328 e. The van der Waals surface area contributed by atoms with Crippen LogP contribution in [0, 0.1) is 6.92 Å². The molecule has 0 amide bonds. The Kier molecular flexibility index (Phi) is 2.52. The van der Waals surface area contributed by atoms with Crippen LogP contribution in [-0.2, 0) is 0 Å². The SMILES string of the molecule is Cc1nn([C@@H](C)CN)cc1Cl. The van der Waals surface area contributed by atoms with Crippen molar-refractivity contribution in [3.63, 3.8) is 0 Å². The van der Waals surface area contributed by atoms with E-state index in [1.807, 2.05) is 13.8 Å². The number of nitrogens with two attached hydrogens (primary N) is 1. The van der Waals surface area contributed by atoms with Gasteiger partial charge in [0.2, 0.25) is 0 Å². The van der Waals surface area contributed by atoms with E-state index in [0.29, 0.717) is 11.6 Å². The smallest absolute Gasteiger partial charge is 0.0815 e. The normalized spacial score (nSPS) is 13.5. The second-order valence-electron chi connectivity index (χ2n) is 2.63. The van der Waals surface area contributed by atoms with Gasteiger partial charge in [-0.2, -0.15) is 5.10 Å². The van der Waals surface area contributed by atoms with Crippen molar-refractivity contribution in [2.75, 3.05) is 6.54 Å². The van der Waals surface area contributed by atoms with Gasteiger partial charge in [0.15, 0.2) is 0 Å². The van der Waals surface area contributed by atoms with E-state index in [4.69, 9.17) is 17.3 Å². The Balaban J connectivity index is 2.88. The molecule has 11 heavy (non-hydrogen) atoms. The summed E-state index contributed by atoms with van der Waals surface area (Å²) in [5.41, 5.74) is 6.31. The molecule has 3 nitrogen and oxygen atoms in total. The quantitative estimate of drug-likeness (QED) is 0.734. The number of hydrogen-bond donors (Lipinski definition) is 1. The molecule has 0 aliphatic rings. The highest BCUT2D eigenvalue weighted by molar-refractivity contribution is 6.31. The molecular formula is C7H12ClN3. The fourth-order valence-electron chi connectivity index (χ4n) is 0.793.